The van der Waals surface area contributed by atoms with Crippen LogP contribution in [0.1, 0.15) is 19.3 Å². The van der Waals surface area contributed by atoms with Crippen molar-refractivity contribution in [1.29, 1.82) is 0 Å². The molecule has 0 saturated heterocycles. The predicted octanol–water partition coefficient (Wildman–Crippen LogP) is 1.07. The summed E-state index contributed by atoms with van der Waals surface area (Å²) < 4.78 is 34.3. The van der Waals surface area contributed by atoms with Crippen molar-refractivity contribution in [2.24, 2.45) is 5.41 Å². The van der Waals surface area contributed by atoms with Crippen molar-refractivity contribution in [2.75, 3.05) is 26.0 Å². The fourth-order valence-electron chi connectivity index (χ4n) is 2.38. The van der Waals surface area contributed by atoms with Gasteiger partial charge in [0.15, 0.2) is 15.8 Å². The Labute approximate surface area is 127 Å². The second kappa shape index (κ2) is 5.24. The van der Waals surface area contributed by atoms with E-state index >= 15 is 0 Å². The fraction of sp³-hybridized carbons (Fsp3) is 0.583. The van der Waals surface area contributed by atoms with E-state index in [2.05, 4.69) is 9.71 Å². The van der Waals surface area contributed by atoms with Gasteiger partial charge in [-0.05, 0) is 24.7 Å². The molecule has 1 saturated carbocycles. The smallest absolute Gasteiger partial charge is 0.260 e. The molecule has 2 heterocycles. The average molecular weight is 330 g/mol. The van der Waals surface area contributed by atoms with Gasteiger partial charge in [-0.15, -0.1) is 11.3 Å². The Balaban J connectivity index is 1.78. The number of ether oxygens (including phenoxy) is 1. The summed E-state index contributed by atoms with van der Waals surface area (Å²) in [4.78, 5) is 4.65. The number of methoxy groups -OCH3 is 1. The number of fused-ring (bicyclic) bond motifs is 1. The maximum Gasteiger partial charge on any atom is 0.260 e. The Morgan fingerprint density at radius 1 is 1.57 bits per heavy atom. The van der Waals surface area contributed by atoms with E-state index in [1.807, 2.05) is 0 Å². The minimum absolute atomic E-state index is 0.0290. The number of sulfonamides is 1. The summed E-state index contributed by atoms with van der Waals surface area (Å²) in [5, 5.41) is 1.81. The highest BCUT2D eigenvalue weighted by Crippen LogP contribution is 2.48. The molecule has 0 aromatic carbocycles. The lowest BCUT2D eigenvalue weighted by atomic mass is 10.0. The zero-order chi connectivity index (χ0) is 15.1. The molecule has 0 unspecified atom stereocenters. The number of nitrogen functional groups attached to an aromatic ring is 1. The number of aromatic nitrogens is 2. The molecule has 0 aliphatic heterocycles. The summed E-state index contributed by atoms with van der Waals surface area (Å²) in [6.45, 7) is 1.06. The summed E-state index contributed by atoms with van der Waals surface area (Å²) in [5.74, 6) is 0.0380. The molecular formula is C12H18N4O3S2. The van der Waals surface area contributed by atoms with Crippen LogP contribution in [0, 0.1) is 5.41 Å². The molecule has 0 amide bonds. The molecule has 2 aromatic rings. The van der Waals surface area contributed by atoms with Crippen LogP contribution in [-0.2, 0) is 14.8 Å². The summed E-state index contributed by atoms with van der Waals surface area (Å²) in [6, 6.07) is 0. The molecule has 0 radical (unpaired) electrons. The van der Waals surface area contributed by atoms with Crippen LogP contribution < -0.4 is 10.5 Å². The van der Waals surface area contributed by atoms with Crippen molar-refractivity contribution >= 4 is 32.1 Å². The summed E-state index contributed by atoms with van der Waals surface area (Å²) in [7, 11) is -2.02. The van der Waals surface area contributed by atoms with Crippen LogP contribution in [-0.4, -0.2) is 38.1 Å². The van der Waals surface area contributed by atoms with Crippen LogP contribution in [0.25, 0.3) is 4.96 Å². The SMILES string of the molecule is COCCC1(CNS(=O)(=O)c2c(N)nc3sccn23)CC1. The number of nitrogens with one attached hydrogen (secondary N) is 1. The number of imidazole rings is 1. The number of nitrogens with two attached hydrogens (primary N) is 1. The molecule has 2 aromatic heterocycles. The maximum absolute atomic E-state index is 12.5. The average Bonchev–Trinajstić information content (AvgIpc) is 2.95. The fourth-order valence-corrected chi connectivity index (χ4v) is 4.51. The van der Waals surface area contributed by atoms with Gasteiger partial charge < -0.3 is 10.5 Å². The molecule has 1 fully saturated rings. The second-order valence-electron chi connectivity index (χ2n) is 5.43. The Bertz CT molecular complexity index is 746. The van der Waals surface area contributed by atoms with Crippen molar-refractivity contribution in [3.05, 3.63) is 11.6 Å². The quantitative estimate of drug-likeness (QED) is 0.791. The standard InChI is InChI=1S/C12H18N4O3S2/c1-19-6-4-12(2-3-12)8-14-21(17,18)10-9(13)15-11-16(10)5-7-20-11/h5,7,14H,2-4,6,8,13H2,1H3. The van der Waals surface area contributed by atoms with Gasteiger partial charge in [0, 0.05) is 31.8 Å². The number of hydrogen-bond acceptors (Lipinski definition) is 6. The van der Waals surface area contributed by atoms with Crippen molar-refractivity contribution in [3.63, 3.8) is 0 Å². The first-order chi connectivity index (χ1) is 9.97. The van der Waals surface area contributed by atoms with Crippen LogP contribution in [0.2, 0.25) is 0 Å². The first-order valence-corrected chi connectivity index (χ1v) is 9.03. The highest BCUT2D eigenvalue weighted by molar-refractivity contribution is 7.89. The topological polar surface area (TPSA) is 98.7 Å². The van der Waals surface area contributed by atoms with Crippen molar-refractivity contribution in [1.82, 2.24) is 14.1 Å². The molecule has 0 bridgehead atoms. The molecule has 1 aliphatic rings. The van der Waals surface area contributed by atoms with Gasteiger partial charge in [-0.25, -0.2) is 18.1 Å². The zero-order valence-corrected chi connectivity index (χ0v) is 13.3. The molecule has 21 heavy (non-hydrogen) atoms. The van der Waals surface area contributed by atoms with Crippen LogP contribution in [0.15, 0.2) is 16.6 Å². The van der Waals surface area contributed by atoms with Crippen molar-refractivity contribution < 1.29 is 13.2 Å². The van der Waals surface area contributed by atoms with Gasteiger partial charge in [0.25, 0.3) is 10.0 Å². The van der Waals surface area contributed by atoms with E-state index in [-0.39, 0.29) is 16.3 Å². The van der Waals surface area contributed by atoms with Crippen LogP contribution >= 0.6 is 11.3 Å². The summed E-state index contributed by atoms with van der Waals surface area (Å²) in [5.41, 5.74) is 5.79. The number of rotatable bonds is 7. The van der Waals surface area contributed by atoms with E-state index in [1.165, 1.54) is 15.7 Å². The molecule has 9 heteroatoms. The van der Waals surface area contributed by atoms with Gasteiger partial charge in [-0.3, -0.25) is 4.40 Å². The minimum atomic E-state index is -3.67. The van der Waals surface area contributed by atoms with Gasteiger partial charge in [0.2, 0.25) is 0 Å². The lowest BCUT2D eigenvalue weighted by Gasteiger charge is -2.15. The van der Waals surface area contributed by atoms with Crippen LogP contribution in [0.3, 0.4) is 0 Å². The van der Waals surface area contributed by atoms with Crippen molar-refractivity contribution in [3.8, 4) is 0 Å². The van der Waals surface area contributed by atoms with Crippen molar-refractivity contribution in [2.45, 2.75) is 24.3 Å². The number of hydrogen-bond donors (Lipinski definition) is 2. The molecule has 116 valence electrons. The molecule has 0 atom stereocenters. The maximum atomic E-state index is 12.5. The van der Waals surface area contributed by atoms with Gasteiger partial charge in [0.1, 0.15) is 0 Å². The Morgan fingerprint density at radius 2 is 2.33 bits per heavy atom. The van der Waals surface area contributed by atoms with E-state index in [9.17, 15) is 8.42 Å². The molecule has 0 spiro atoms. The number of anilines is 1. The third-order valence-corrected chi connectivity index (χ3v) is 6.12. The first kappa shape index (κ1) is 14.8. The molecule has 3 rings (SSSR count). The molecule has 3 N–H and O–H groups in total. The summed E-state index contributed by atoms with van der Waals surface area (Å²) in [6.07, 6.45) is 4.57. The van der Waals surface area contributed by atoms with Crippen LogP contribution in [0.4, 0.5) is 5.82 Å². The van der Waals surface area contributed by atoms with E-state index < -0.39 is 10.0 Å². The van der Waals surface area contributed by atoms with Crippen LogP contribution in [0.5, 0.6) is 0 Å². The lowest BCUT2D eigenvalue weighted by Crippen LogP contribution is -2.32. The third kappa shape index (κ3) is 2.78. The minimum Gasteiger partial charge on any atom is -0.385 e. The van der Waals surface area contributed by atoms with E-state index in [1.54, 1.807) is 18.7 Å². The third-order valence-electron chi connectivity index (χ3n) is 3.93. The zero-order valence-electron chi connectivity index (χ0n) is 11.7. The molecule has 1 aliphatic carbocycles. The van der Waals surface area contributed by atoms with Gasteiger partial charge >= 0.3 is 0 Å². The van der Waals surface area contributed by atoms with E-state index in [4.69, 9.17) is 10.5 Å². The monoisotopic (exact) mass is 330 g/mol. The largest absolute Gasteiger partial charge is 0.385 e. The number of thiazole rings is 1. The molecule has 7 nitrogen and oxygen atoms in total. The highest BCUT2D eigenvalue weighted by Gasteiger charge is 2.43. The normalized spacial score (nSPS) is 17.4. The Hall–Kier alpha value is -1.16. The van der Waals surface area contributed by atoms with Gasteiger partial charge in [-0.1, -0.05) is 0 Å². The predicted molar refractivity (Wildman–Crippen MR) is 80.8 cm³/mol. The van der Waals surface area contributed by atoms with Gasteiger partial charge in [-0.2, -0.15) is 0 Å². The molecular weight excluding hydrogens is 312 g/mol. The Morgan fingerprint density at radius 3 is 3.00 bits per heavy atom. The van der Waals surface area contributed by atoms with E-state index in [0.29, 0.717) is 18.1 Å². The lowest BCUT2D eigenvalue weighted by molar-refractivity contribution is 0.173. The van der Waals surface area contributed by atoms with E-state index in [0.717, 1.165) is 19.3 Å². The number of nitrogens with zero attached hydrogens (tertiary/aromatic N) is 2. The highest BCUT2D eigenvalue weighted by atomic mass is 32.2. The summed E-state index contributed by atoms with van der Waals surface area (Å²) >= 11 is 1.35. The second-order valence-corrected chi connectivity index (χ2v) is 7.98. The van der Waals surface area contributed by atoms with Gasteiger partial charge in [0.05, 0.1) is 0 Å². The Kier molecular flexibility index (Phi) is 3.68. The first-order valence-electron chi connectivity index (χ1n) is 6.67.